The van der Waals surface area contributed by atoms with Crippen LogP contribution in [-0.2, 0) is 61.6 Å². The summed E-state index contributed by atoms with van der Waals surface area (Å²) in [6.45, 7) is 8.85. The summed E-state index contributed by atoms with van der Waals surface area (Å²) >= 11 is 0. The fourth-order valence-electron chi connectivity index (χ4n) is 6.68. The van der Waals surface area contributed by atoms with E-state index in [4.69, 9.17) is 56.8 Å². The van der Waals surface area contributed by atoms with Crippen LogP contribution in [0.5, 0.6) is 0 Å². The lowest BCUT2D eigenvalue weighted by Crippen LogP contribution is -2.58. The third-order valence-electron chi connectivity index (χ3n) is 8.94. The molecule has 4 fully saturated rings. The summed E-state index contributed by atoms with van der Waals surface area (Å²) in [5.41, 5.74) is 0. The molecule has 4 saturated heterocycles. The average molecular weight is 637 g/mol. The Kier molecular flexibility index (Phi) is 13.2. The molecule has 0 saturated carbocycles. The fraction of sp³-hybridized carbons (Fsp3) is 0.967. The zero-order valence-corrected chi connectivity index (χ0v) is 27.3. The molecule has 0 radical (unpaired) electrons. The summed E-state index contributed by atoms with van der Waals surface area (Å²) in [5, 5.41) is 9.96. The summed E-state index contributed by atoms with van der Waals surface area (Å²) in [7, 11) is 6.43. The van der Waals surface area contributed by atoms with Crippen molar-refractivity contribution in [3.63, 3.8) is 0 Å². The first-order chi connectivity index (χ1) is 21.0. The van der Waals surface area contributed by atoms with Gasteiger partial charge in [-0.3, -0.25) is 4.79 Å². The molecule has 256 valence electrons. The Hall–Kier alpha value is -1.01. The molecule has 16 atom stereocenters. The average Bonchev–Trinajstić information content (AvgIpc) is 2.97. The Morgan fingerprint density at radius 2 is 0.864 bits per heavy atom. The Labute approximate surface area is 260 Å². The first kappa shape index (κ1) is 35.8. The maximum Gasteiger partial charge on any atom is 0.303 e. The Bertz CT molecular complexity index is 894. The van der Waals surface area contributed by atoms with Crippen LogP contribution in [0.25, 0.3) is 0 Å². The minimum atomic E-state index is -0.898. The number of hydrogen-bond donors (Lipinski definition) is 1. The van der Waals surface area contributed by atoms with Gasteiger partial charge in [-0.1, -0.05) is 0 Å². The van der Waals surface area contributed by atoms with Crippen LogP contribution in [0.2, 0.25) is 0 Å². The van der Waals surface area contributed by atoms with E-state index in [2.05, 4.69) is 0 Å². The van der Waals surface area contributed by atoms with Crippen molar-refractivity contribution in [3.8, 4) is 0 Å². The summed E-state index contributed by atoms with van der Waals surface area (Å²) in [6.07, 6.45) is -5.96. The van der Waals surface area contributed by atoms with Crippen molar-refractivity contribution in [1.29, 1.82) is 0 Å². The number of methoxy groups -OCH3 is 4. The van der Waals surface area contributed by atoms with Crippen molar-refractivity contribution in [3.05, 3.63) is 0 Å². The van der Waals surface area contributed by atoms with E-state index >= 15 is 0 Å². The molecule has 14 heteroatoms. The second-order valence-corrected chi connectivity index (χ2v) is 12.0. The van der Waals surface area contributed by atoms with Gasteiger partial charge in [0.25, 0.3) is 0 Å². The second-order valence-electron chi connectivity index (χ2n) is 12.0. The van der Waals surface area contributed by atoms with E-state index < -0.39 is 67.8 Å². The van der Waals surface area contributed by atoms with E-state index in [0.29, 0.717) is 25.7 Å². The van der Waals surface area contributed by atoms with Crippen molar-refractivity contribution in [1.82, 2.24) is 0 Å². The highest BCUT2D eigenvalue weighted by Crippen LogP contribution is 2.35. The lowest BCUT2D eigenvalue weighted by Gasteiger charge is -2.47. The molecule has 0 bridgehead atoms. The van der Waals surface area contributed by atoms with Gasteiger partial charge in [0.05, 0.1) is 42.7 Å². The van der Waals surface area contributed by atoms with Crippen LogP contribution < -0.4 is 0 Å². The molecule has 0 spiro atoms. The molecule has 4 aliphatic heterocycles. The van der Waals surface area contributed by atoms with Gasteiger partial charge in [0.2, 0.25) is 0 Å². The Balaban J connectivity index is 1.33. The Morgan fingerprint density at radius 3 is 1.23 bits per heavy atom. The number of aliphatic hydroxyl groups is 1. The Morgan fingerprint density at radius 1 is 0.545 bits per heavy atom. The van der Waals surface area contributed by atoms with Gasteiger partial charge >= 0.3 is 5.97 Å². The molecular formula is C30H52O14. The number of carbonyl (C=O) groups excluding carboxylic acids is 1. The molecule has 0 amide bonds. The molecule has 0 aliphatic carbocycles. The third-order valence-corrected chi connectivity index (χ3v) is 8.94. The first-order valence-electron chi connectivity index (χ1n) is 15.5. The molecule has 4 heterocycles. The summed E-state index contributed by atoms with van der Waals surface area (Å²) in [6, 6.07) is 0. The van der Waals surface area contributed by atoms with Gasteiger partial charge in [0, 0.05) is 61.0 Å². The van der Waals surface area contributed by atoms with Gasteiger partial charge in [0.1, 0.15) is 24.4 Å². The topological polar surface area (TPSA) is 148 Å². The molecule has 1 N–H and O–H groups in total. The van der Waals surface area contributed by atoms with Crippen LogP contribution in [0.4, 0.5) is 0 Å². The van der Waals surface area contributed by atoms with E-state index in [1.165, 1.54) is 6.92 Å². The number of ether oxygens (including phenoxy) is 12. The van der Waals surface area contributed by atoms with Crippen molar-refractivity contribution < 1.29 is 66.7 Å². The second kappa shape index (κ2) is 16.2. The molecule has 4 aliphatic rings. The normalized spacial score (nSPS) is 46.9. The quantitative estimate of drug-likeness (QED) is 0.328. The fourth-order valence-corrected chi connectivity index (χ4v) is 6.68. The third kappa shape index (κ3) is 8.66. The summed E-state index contributed by atoms with van der Waals surface area (Å²) < 4.78 is 71.6. The maximum atomic E-state index is 11.6. The zero-order valence-electron chi connectivity index (χ0n) is 27.3. The molecule has 0 aromatic carbocycles. The van der Waals surface area contributed by atoms with E-state index in [-0.39, 0.29) is 36.6 Å². The van der Waals surface area contributed by atoms with Gasteiger partial charge in [-0.15, -0.1) is 0 Å². The van der Waals surface area contributed by atoms with Crippen LogP contribution in [-0.4, -0.2) is 138 Å². The lowest BCUT2D eigenvalue weighted by molar-refractivity contribution is -0.345. The van der Waals surface area contributed by atoms with Crippen LogP contribution in [0.1, 0.15) is 60.3 Å². The highest BCUT2D eigenvalue weighted by Gasteiger charge is 2.48. The number of aliphatic hydroxyl groups excluding tert-OH is 1. The van der Waals surface area contributed by atoms with Crippen LogP contribution in [0, 0.1) is 0 Å². The summed E-state index contributed by atoms with van der Waals surface area (Å²) in [4.78, 5) is 11.6. The zero-order chi connectivity index (χ0) is 32.1. The number of esters is 1. The SMILES string of the molecule is CO[C@H]1C[C@H](O[C@H]2[C@H](C)O[C@@H](O[C@H]3[C@H](C)O[C@@H](O[C@H]4[C@H](C)O[C@@H](O)C[C@@H]4OC)C[C@@H]3OC)C[C@@H]2OC)O[C@@H](C)[C@@H]1OC(C)=O. The van der Waals surface area contributed by atoms with Gasteiger partial charge in [-0.25, -0.2) is 0 Å². The van der Waals surface area contributed by atoms with Crippen LogP contribution >= 0.6 is 0 Å². The molecule has 0 aromatic heterocycles. The lowest BCUT2D eigenvalue weighted by atomic mass is 9.98. The van der Waals surface area contributed by atoms with Crippen molar-refractivity contribution in [2.24, 2.45) is 0 Å². The molecule has 4 rings (SSSR count). The number of rotatable bonds is 11. The van der Waals surface area contributed by atoms with Crippen molar-refractivity contribution in [2.45, 2.75) is 159 Å². The maximum absolute atomic E-state index is 11.6. The molecular weight excluding hydrogens is 584 g/mol. The predicted molar refractivity (Wildman–Crippen MR) is 151 cm³/mol. The summed E-state index contributed by atoms with van der Waals surface area (Å²) in [5.74, 6) is -0.392. The van der Waals surface area contributed by atoms with Gasteiger partial charge in [0.15, 0.2) is 31.3 Å². The van der Waals surface area contributed by atoms with E-state index in [1.807, 2.05) is 27.7 Å². The van der Waals surface area contributed by atoms with Crippen molar-refractivity contribution >= 4 is 5.97 Å². The molecule has 0 unspecified atom stereocenters. The monoisotopic (exact) mass is 636 g/mol. The molecule has 44 heavy (non-hydrogen) atoms. The van der Waals surface area contributed by atoms with Crippen LogP contribution in [0.15, 0.2) is 0 Å². The van der Waals surface area contributed by atoms with Gasteiger partial charge in [-0.2, -0.15) is 0 Å². The predicted octanol–water partition coefficient (Wildman–Crippen LogP) is 1.67. The minimum absolute atomic E-state index is 0.309. The smallest absolute Gasteiger partial charge is 0.303 e. The minimum Gasteiger partial charge on any atom is -0.457 e. The van der Waals surface area contributed by atoms with Gasteiger partial charge in [-0.05, 0) is 27.7 Å². The standard InChI is InChI=1S/C30H52O14/c1-14-28(19(33-6)10-23(32)37-14)42-25-12-21(35-8)30(16(3)39-25)44-26-13-22(36-9)29(17(4)40-26)43-24-11-20(34-7)27(15(2)38-24)41-18(5)31/h14-17,19-30,32H,10-13H2,1-9H3/t14-,15-,16-,17-,19-,20-,21-,22-,23+,24-,25-,26-,27-,28-,29-,30-/m0/s1. The van der Waals surface area contributed by atoms with Gasteiger partial charge < -0.3 is 61.9 Å². The van der Waals surface area contributed by atoms with Crippen LogP contribution in [0.3, 0.4) is 0 Å². The number of carbonyl (C=O) groups is 1. The highest BCUT2D eigenvalue weighted by molar-refractivity contribution is 5.66. The number of hydrogen-bond acceptors (Lipinski definition) is 14. The van der Waals surface area contributed by atoms with E-state index in [0.717, 1.165) is 0 Å². The highest BCUT2D eigenvalue weighted by atomic mass is 16.8. The van der Waals surface area contributed by atoms with Crippen molar-refractivity contribution in [2.75, 3.05) is 28.4 Å². The molecule has 0 aromatic rings. The largest absolute Gasteiger partial charge is 0.457 e. The van der Waals surface area contributed by atoms with E-state index in [1.54, 1.807) is 28.4 Å². The first-order valence-corrected chi connectivity index (χ1v) is 15.5. The van der Waals surface area contributed by atoms with E-state index in [9.17, 15) is 9.90 Å². The molecule has 14 nitrogen and oxygen atoms in total.